The molecule has 1 aromatic heterocycles. The zero-order chi connectivity index (χ0) is 16.9. The first kappa shape index (κ1) is 17.3. The highest BCUT2D eigenvalue weighted by Crippen LogP contribution is 2.21. The number of hydrogen-bond acceptors (Lipinski definition) is 6. The van der Waals surface area contributed by atoms with Crippen LogP contribution in [-0.2, 0) is 6.54 Å². The summed E-state index contributed by atoms with van der Waals surface area (Å²) in [5, 5.41) is 7.61. The highest BCUT2D eigenvalue weighted by Gasteiger charge is 2.18. The van der Waals surface area contributed by atoms with Gasteiger partial charge in [-0.1, -0.05) is 16.6 Å². The van der Waals surface area contributed by atoms with Crippen LogP contribution in [0.15, 0.2) is 24.3 Å². The van der Waals surface area contributed by atoms with Crippen LogP contribution in [0.4, 0.5) is 0 Å². The molecule has 0 amide bonds. The Labute approximate surface area is 148 Å². The lowest BCUT2D eigenvalue weighted by Gasteiger charge is -2.29. The van der Waals surface area contributed by atoms with Gasteiger partial charge in [0.15, 0.2) is 0 Å². The summed E-state index contributed by atoms with van der Waals surface area (Å²) < 4.78 is 10.1. The largest absolute Gasteiger partial charge is 0.490 e. The van der Waals surface area contributed by atoms with Crippen molar-refractivity contribution in [1.82, 2.24) is 19.8 Å². The Morgan fingerprint density at radius 3 is 2.62 bits per heavy atom. The molecule has 3 rings (SSSR count). The molecule has 2 heterocycles. The van der Waals surface area contributed by atoms with Crippen molar-refractivity contribution in [1.29, 1.82) is 0 Å². The third-order valence-electron chi connectivity index (χ3n) is 4.58. The third-order valence-corrected chi connectivity index (χ3v) is 5.59. The number of benzene rings is 1. The van der Waals surface area contributed by atoms with E-state index in [9.17, 15) is 0 Å². The molecule has 130 valence electrons. The summed E-state index contributed by atoms with van der Waals surface area (Å²) in [6.07, 6.45) is 2.58. The molecule has 24 heavy (non-hydrogen) atoms. The molecule has 2 aromatic rings. The van der Waals surface area contributed by atoms with Crippen LogP contribution in [0.1, 0.15) is 41.9 Å². The molecule has 1 unspecified atom stereocenters. The van der Waals surface area contributed by atoms with E-state index in [2.05, 4.69) is 58.0 Å². The fourth-order valence-corrected chi connectivity index (χ4v) is 3.64. The van der Waals surface area contributed by atoms with Gasteiger partial charge >= 0.3 is 0 Å². The molecule has 1 atom stereocenters. The Bertz CT molecular complexity index is 635. The quantitative estimate of drug-likeness (QED) is 0.871. The Balaban J connectivity index is 1.48. The molecule has 1 aromatic carbocycles. The Morgan fingerprint density at radius 2 is 2.00 bits per heavy atom. The summed E-state index contributed by atoms with van der Waals surface area (Å²) in [7, 11) is 2.17. The van der Waals surface area contributed by atoms with E-state index < -0.39 is 0 Å². The predicted octanol–water partition coefficient (Wildman–Crippen LogP) is 3.17. The van der Waals surface area contributed by atoms with Crippen molar-refractivity contribution in [3.05, 3.63) is 40.4 Å². The average Bonchev–Trinajstić information content (AvgIpc) is 3.02. The van der Waals surface area contributed by atoms with Gasteiger partial charge in [-0.15, -0.1) is 5.10 Å². The van der Waals surface area contributed by atoms with Gasteiger partial charge in [-0.3, -0.25) is 0 Å². The van der Waals surface area contributed by atoms with Gasteiger partial charge in [0.1, 0.15) is 11.9 Å². The fraction of sp³-hybridized carbons (Fsp3) is 0.556. The molecule has 0 bridgehead atoms. The smallest absolute Gasteiger partial charge is 0.119 e. The molecule has 0 saturated carbocycles. The van der Waals surface area contributed by atoms with Crippen molar-refractivity contribution in [3.63, 3.8) is 0 Å². The number of nitrogens with zero attached hydrogens (tertiary/aromatic N) is 3. The number of aromatic nitrogens is 2. The van der Waals surface area contributed by atoms with Crippen molar-refractivity contribution >= 4 is 11.5 Å². The second-order valence-corrected chi connectivity index (χ2v) is 7.38. The highest BCUT2D eigenvalue weighted by atomic mass is 32.1. The maximum absolute atomic E-state index is 6.10. The number of hydrogen-bond donors (Lipinski definition) is 1. The van der Waals surface area contributed by atoms with Crippen LogP contribution in [-0.4, -0.2) is 40.7 Å². The molecule has 0 spiro atoms. The summed E-state index contributed by atoms with van der Waals surface area (Å²) in [5.74, 6) is 0.976. The molecule has 1 fully saturated rings. The number of nitrogens with one attached hydrogen (secondary N) is 1. The van der Waals surface area contributed by atoms with Gasteiger partial charge in [0.05, 0.1) is 10.6 Å². The van der Waals surface area contributed by atoms with Gasteiger partial charge in [-0.05, 0) is 63.0 Å². The predicted molar refractivity (Wildman–Crippen MR) is 97.5 cm³/mol. The normalized spacial score (nSPS) is 17.8. The van der Waals surface area contributed by atoms with Crippen LogP contribution in [0.3, 0.4) is 0 Å². The lowest BCUT2D eigenvalue weighted by Crippen LogP contribution is -2.35. The summed E-state index contributed by atoms with van der Waals surface area (Å²) >= 11 is 1.47. The first-order valence-corrected chi connectivity index (χ1v) is 9.35. The van der Waals surface area contributed by atoms with Crippen LogP contribution >= 0.6 is 11.5 Å². The number of rotatable bonds is 6. The fourth-order valence-electron chi connectivity index (χ4n) is 2.98. The molecule has 1 aliphatic heterocycles. The van der Waals surface area contributed by atoms with Crippen molar-refractivity contribution < 1.29 is 4.74 Å². The van der Waals surface area contributed by atoms with E-state index in [0.717, 1.165) is 43.9 Å². The Hall–Kier alpha value is -1.50. The summed E-state index contributed by atoms with van der Waals surface area (Å²) in [4.78, 5) is 3.56. The Kier molecular flexibility index (Phi) is 5.81. The molecular formula is C18H26N4OS. The van der Waals surface area contributed by atoms with E-state index in [1.54, 1.807) is 0 Å². The minimum absolute atomic E-state index is 0.264. The average molecular weight is 347 g/mol. The lowest BCUT2D eigenvalue weighted by molar-refractivity contribution is 0.114. The molecule has 6 heteroatoms. The molecule has 1 saturated heterocycles. The molecule has 5 nitrogen and oxygen atoms in total. The molecule has 1 aliphatic rings. The monoisotopic (exact) mass is 346 g/mol. The topological polar surface area (TPSA) is 50.3 Å². The van der Waals surface area contributed by atoms with Crippen LogP contribution in [0.25, 0.3) is 0 Å². The number of piperidine rings is 1. The van der Waals surface area contributed by atoms with E-state index in [-0.39, 0.29) is 6.04 Å². The number of ether oxygens (including phenoxy) is 1. The van der Waals surface area contributed by atoms with Crippen molar-refractivity contribution in [2.24, 2.45) is 0 Å². The number of likely N-dealkylation sites (tertiary alicyclic amines) is 1. The van der Waals surface area contributed by atoms with Gasteiger partial charge in [-0.2, -0.15) is 0 Å². The maximum Gasteiger partial charge on any atom is 0.119 e. The van der Waals surface area contributed by atoms with E-state index in [4.69, 9.17) is 4.74 Å². The van der Waals surface area contributed by atoms with Crippen molar-refractivity contribution in [3.8, 4) is 5.75 Å². The maximum atomic E-state index is 6.10. The first-order valence-electron chi connectivity index (χ1n) is 8.58. The SMILES string of the molecule is Cc1nnsc1C(C)NCc1ccc(OC2CCN(C)CC2)cc1. The van der Waals surface area contributed by atoms with Gasteiger partial charge < -0.3 is 15.0 Å². The zero-order valence-corrected chi connectivity index (χ0v) is 15.5. The molecule has 1 N–H and O–H groups in total. The minimum Gasteiger partial charge on any atom is -0.490 e. The second-order valence-electron chi connectivity index (χ2n) is 6.59. The van der Waals surface area contributed by atoms with Crippen LogP contribution in [0.2, 0.25) is 0 Å². The van der Waals surface area contributed by atoms with Gasteiger partial charge in [-0.25, -0.2) is 0 Å². The molecule has 0 aliphatic carbocycles. The first-order chi connectivity index (χ1) is 11.6. The van der Waals surface area contributed by atoms with Crippen LogP contribution < -0.4 is 10.1 Å². The highest BCUT2D eigenvalue weighted by molar-refractivity contribution is 7.05. The minimum atomic E-state index is 0.264. The second kappa shape index (κ2) is 8.05. The van der Waals surface area contributed by atoms with E-state index >= 15 is 0 Å². The van der Waals surface area contributed by atoms with Crippen molar-refractivity contribution in [2.45, 2.75) is 45.4 Å². The zero-order valence-electron chi connectivity index (χ0n) is 14.7. The van der Waals surface area contributed by atoms with Crippen LogP contribution in [0.5, 0.6) is 5.75 Å². The standard InChI is InChI=1S/C18H26N4OS/c1-13(18-14(2)20-21-24-18)19-12-15-4-6-16(7-5-15)23-17-8-10-22(3)11-9-17/h4-7,13,17,19H,8-12H2,1-3H3. The van der Waals surface area contributed by atoms with E-state index in [1.165, 1.54) is 22.0 Å². The van der Waals surface area contributed by atoms with Crippen molar-refractivity contribution in [2.75, 3.05) is 20.1 Å². The van der Waals surface area contributed by atoms with E-state index in [1.807, 2.05) is 6.92 Å². The van der Waals surface area contributed by atoms with Gasteiger partial charge in [0, 0.05) is 25.7 Å². The van der Waals surface area contributed by atoms with E-state index in [0.29, 0.717) is 6.10 Å². The summed E-state index contributed by atoms with van der Waals surface area (Å²) in [6, 6.07) is 8.71. The molecular weight excluding hydrogens is 320 g/mol. The van der Waals surface area contributed by atoms with Gasteiger partial charge in [0.25, 0.3) is 0 Å². The summed E-state index contributed by atoms with van der Waals surface area (Å²) in [5.41, 5.74) is 2.27. The van der Waals surface area contributed by atoms with Gasteiger partial charge in [0.2, 0.25) is 0 Å². The number of aryl methyl sites for hydroxylation is 1. The molecule has 0 radical (unpaired) electrons. The lowest BCUT2D eigenvalue weighted by atomic mass is 10.1. The summed E-state index contributed by atoms with van der Waals surface area (Å²) in [6.45, 7) is 7.23. The third kappa shape index (κ3) is 4.53. The van der Waals surface area contributed by atoms with Crippen LogP contribution in [0, 0.1) is 6.92 Å². The Morgan fingerprint density at radius 1 is 1.29 bits per heavy atom.